The van der Waals surface area contributed by atoms with E-state index in [4.69, 9.17) is 5.73 Å². The van der Waals surface area contributed by atoms with Crippen molar-refractivity contribution >= 4 is 29.5 Å². The molecule has 0 spiro atoms. The first-order chi connectivity index (χ1) is 11.3. The third-order valence-corrected chi connectivity index (χ3v) is 6.23. The average molecular weight is 355 g/mol. The van der Waals surface area contributed by atoms with Gasteiger partial charge < -0.3 is 25.7 Å². The van der Waals surface area contributed by atoms with Gasteiger partial charge in [-0.1, -0.05) is 0 Å². The maximum atomic E-state index is 12.2. The van der Waals surface area contributed by atoms with Gasteiger partial charge in [0, 0.05) is 29.7 Å². The van der Waals surface area contributed by atoms with Crippen molar-refractivity contribution in [3.63, 3.8) is 0 Å². The third kappa shape index (κ3) is 2.70. The van der Waals surface area contributed by atoms with E-state index >= 15 is 0 Å². The van der Waals surface area contributed by atoms with Crippen molar-refractivity contribution in [2.45, 2.75) is 37.2 Å². The zero-order valence-electron chi connectivity index (χ0n) is 13.3. The van der Waals surface area contributed by atoms with Gasteiger partial charge in [0.05, 0.1) is 24.6 Å². The lowest BCUT2D eigenvalue weighted by Gasteiger charge is -2.44. The molecule has 0 aromatic heterocycles. The molecule has 0 bridgehead atoms. The van der Waals surface area contributed by atoms with Crippen LogP contribution in [0.5, 0.6) is 0 Å². The first-order valence-corrected chi connectivity index (χ1v) is 8.85. The SMILES string of the molecule is CC(O)C1C(=O)N2C(C(=O)O)=C(SC3CCN(C(=O)CN)C3)C[C@H]12. The van der Waals surface area contributed by atoms with Crippen LogP contribution in [0.3, 0.4) is 0 Å². The minimum Gasteiger partial charge on any atom is -0.477 e. The predicted molar refractivity (Wildman–Crippen MR) is 86.7 cm³/mol. The Kier molecular flexibility index (Phi) is 4.58. The van der Waals surface area contributed by atoms with E-state index in [0.29, 0.717) is 24.4 Å². The Morgan fingerprint density at radius 3 is 2.75 bits per heavy atom. The number of nitrogens with zero attached hydrogens (tertiary/aromatic N) is 2. The summed E-state index contributed by atoms with van der Waals surface area (Å²) in [5, 5.41) is 19.3. The molecule has 4 atom stereocenters. The van der Waals surface area contributed by atoms with Gasteiger partial charge in [-0.25, -0.2) is 4.79 Å². The molecule has 0 aromatic rings. The molecular weight excluding hydrogens is 334 g/mol. The summed E-state index contributed by atoms with van der Waals surface area (Å²) >= 11 is 1.43. The third-order valence-electron chi connectivity index (χ3n) is 4.87. The fourth-order valence-corrected chi connectivity index (χ4v) is 5.16. The molecule has 3 aliphatic heterocycles. The van der Waals surface area contributed by atoms with Crippen LogP contribution in [0.15, 0.2) is 10.6 Å². The van der Waals surface area contributed by atoms with E-state index in [1.54, 1.807) is 11.8 Å². The van der Waals surface area contributed by atoms with Gasteiger partial charge in [0.15, 0.2) is 0 Å². The van der Waals surface area contributed by atoms with Crippen molar-refractivity contribution in [2.24, 2.45) is 11.7 Å². The standard InChI is InChI=1S/C15H21N3O5S/c1-7(19)12-9-4-10(13(15(22)23)18(9)14(12)21)24-8-2-3-17(6-8)11(20)5-16/h7-9,12,19H,2-6,16H2,1H3,(H,22,23)/t7?,8?,9-,12?/m1/s1. The van der Waals surface area contributed by atoms with Crippen LogP contribution in [0.2, 0.25) is 0 Å². The van der Waals surface area contributed by atoms with Crippen LogP contribution in [0.1, 0.15) is 19.8 Å². The first-order valence-electron chi connectivity index (χ1n) is 7.97. The van der Waals surface area contributed by atoms with Crippen LogP contribution in [0.25, 0.3) is 0 Å². The van der Waals surface area contributed by atoms with Gasteiger partial charge >= 0.3 is 5.97 Å². The number of aliphatic carboxylic acids is 1. The van der Waals surface area contributed by atoms with Crippen LogP contribution < -0.4 is 5.73 Å². The normalized spacial score (nSPS) is 30.5. The molecule has 9 heteroatoms. The van der Waals surface area contributed by atoms with E-state index in [0.717, 1.165) is 6.42 Å². The molecule has 0 aliphatic carbocycles. The number of aliphatic hydroxyl groups is 1. The van der Waals surface area contributed by atoms with Crippen LogP contribution in [0, 0.1) is 5.92 Å². The largest absolute Gasteiger partial charge is 0.477 e. The number of aliphatic hydroxyl groups excluding tert-OH is 1. The minimum atomic E-state index is -1.12. The molecule has 8 nitrogen and oxygen atoms in total. The Hall–Kier alpha value is -1.58. The maximum Gasteiger partial charge on any atom is 0.353 e. The van der Waals surface area contributed by atoms with Gasteiger partial charge in [-0.05, 0) is 13.3 Å². The van der Waals surface area contributed by atoms with Crippen molar-refractivity contribution in [2.75, 3.05) is 19.6 Å². The van der Waals surface area contributed by atoms with Gasteiger partial charge in [0.1, 0.15) is 5.70 Å². The van der Waals surface area contributed by atoms with Gasteiger partial charge in [0.25, 0.3) is 0 Å². The Morgan fingerprint density at radius 1 is 1.46 bits per heavy atom. The number of nitrogens with two attached hydrogens (primary N) is 1. The summed E-state index contributed by atoms with van der Waals surface area (Å²) in [6.07, 6.45) is 0.433. The zero-order valence-corrected chi connectivity index (χ0v) is 14.2. The quantitative estimate of drug-likeness (QED) is 0.551. The second-order valence-corrected chi connectivity index (χ2v) is 7.79. The number of carbonyl (C=O) groups is 3. The fourth-order valence-electron chi connectivity index (χ4n) is 3.72. The smallest absolute Gasteiger partial charge is 0.353 e. The highest BCUT2D eigenvalue weighted by Gasteiger charge is 2.57. The molecule has 0 radical (unpaired) electrons. The molecule has 0 saturated carbocycles. The highest BCUT2D eigenvalue weighted by molar-refractivity contribution is 8.03. The Balaban J connectivity index is 1.73. The number of hydrogen-bond donors (Lipinski definition) is 3. The van der Waals surface area contributed by atoms with E-state index in [-0.39, 0.29) is 35.3 Å². The molecule has 4 N–H and O–H groups in total. The molecule has 2 fully saturated rings. The monoisotopic (exact) mass is 355 g/mol. The van der Waals surface area contributed by atoms with Crippen molar-refractivity contribution in [1.29, 1.82) is 0 Å². The maximum absolute atomic E-state index is 12.2. The number of carbonyl (C=O) groups excluding carboxylic acids is 2. The molecule has 0 aromatic carbocycles. The van der Waals surface area contributed by atoms with E-state index in [1.807, 2.05) is 0 Å². The van der Waals surface area contributed by atoms with Crippen LogP contribution >= 0.6 is 11.8 Å². The van der Waals surface area contributed by atoms with Gasteiger partial charge in [0.2, 0.25) is 11.8 Å². The summed E-state index contributed by atoms with van der Waals surface area (Å²) in [5.74, 6) is -2.08. The second kappa shape index (κ2) is 6.38. The highest BCUT2D eigenvalue weighted by Crippen LogP contribution is 2.48. The van der Waals surface area contributed by atoms with Gasteiger partial charge in [-0.3, -0.25) is 9.59 Å². The molecule has 24 heavy (non-hydrogen) atoms. The summed E-state index contributed by atoms with van der Waals surface area (Å²) in [6, 6.07) is -0.269. The van der Waals surface area contributed by atoms with Crippen molar-refractivity contribution in [3.05, 3.63) is 10.6 Å². The lowest BCUT2D eigenvalue weighted by molar-refractivity contribution is -0.161. The Morgan fingerprint density at radius 2 is 2.17 bits per heavy atom. The summed E-state index contributed by atoms with van der Waals surface area (Å²) in [6.45, 7) is 2.68. The van der Waals surface area contributed by atoms with Crippen molar-refractivity contribution in [3.8, 4) is 0 Å². The molecule has 3 rings (SSSR count). The molecule has 3 unspecified atom stereocenters. The van der Waals surface area contributed by atoms with Crippen LogP contribution in [-0.2, 0) is 14.4 Å². The fraction of sp³-hybridized carbons (Fsp3) is 0.667. The molecule has 2 saturated heterocycles. The van der Waals surface area contributed by atoms with Gasteiger partial charge in [-0.15, -0.1) is 11.8 Å². The first kappa shape index (κ1) is 17.2. The number of likely N-dealkylation sites (tertiary alicyclic amines) is 1. The Labute approximate surface area is 143 Å². The minimum absolute atomic E-state index is 0.0269. The molecule has 2 amide bonds. The molecule has 3 heterocycles. The molecule has 132 valence electrons. The van der Waals surface area contributed by atoms with E-state index in [1.165, 1.54) is 16.7 Å². The molecular formula is C15H21N3O5S. The van der Waals surface area contributed by atoms with E-state index in [2.05, 4.69) is 0 Å². The number of carboxylic acid groups (broad SMARTS) is 1. The number of rotatable bonds is 5. The number of fused-ring (bicyclic) bond motifs is 1. The number of β-lactam (4-membered cyclic amide) rings is 1. The number of amides is 2. The van der Waals surface area contributed by atoms with E-state index in [9.17, 15) is 24.6 Å². The van der Waals surface area contributed by atoms with Crippen LogP contribution in [-0.4, -0.2) is 74.8 Å². The lowest BCUT2D eigenvalue weighted by Crippen LogP contribution is -2.61. The van der Waals surface area contributed by atoms with Gasteiger partial charge in [-0.2, -0.15) is 0 Å². The summed E-state index contributed by atoms with van der Waals surface area (Å²) < 4.78 is 0. The Bertz CT molecular complexity index is 620. The number of hydrogen-bond acceptors (Lipinski definition) is 6. The second-order valence-electron chi connectivity index (χ2n) is 6.40. The van der Waals surface area contributed by atoms with Crippen molar-refractivity contribution < 1.29 is 24.6 Å². The average Bonchev–Trinajstić information content (AvgIpc) is 3.09. The number of thioether (sulfide) groups is 1. The van der Waals surface area contributed by atoms with Crippen LogP contribution in [0.4, 0.5) is 0 Å². The topological polar surface area (TPSA) is 124 Å². The summed E-state index contributed by atoms with van der Waals surface area (Å²) in [4.78, 5) is 39.1. The lowest BCUT2D eigenvalue weighted by atomic mass is 9.83. The number of carboxylic acids is 1. The molecule has 3 aliphatic rings. The highest BCUT2D eigenvalue weighted by atomic mass is 32.2. The summed E-state index contributed by atoms with van der Waals surface area (Å²) in [7, 11) is 0. The van der Waals surface area contributed by atoms with Crippen molar-refractivity contribution in [1.82, 2.24) is 9.80 Å². The predicted octanol–water partition coefficient (Wildman–Crippen LogP) is -0.813. The summed E-state index contributed by atoms with van der Waals surface area (Å²) in [5.41, 5.74) is 5.41. The zero-order chi connectivity index (χ0) is 17.6. The van der Waals surface area contributed by atoms with E-state index < -0.39 is 18.0 Å².